The van der Waals surface area contributed by atoms with Gasteiger partial charge in [-0.05, 0) is 30.3 Å². The molecule has 2 aromatic rings. The molecule has 2 rings (SSSR count). The van der Waals surface area contributed by atoms with Crippen LogP contribution in [0.15, 0.2) is 53.7 Å². The van der Waals surface area contributed by atoms with Gasteiger partial charge >= 0.3 is 0 Å². The molecule has 1 heterocycles. The minimum Gasteiger partial charge on any atom is -0.493 e. The first kappa shape index (κ1) is 15.2. The van der Waals surface area contributed by atoms with Crippen LogP contribution in [0, 0.1) is 0 Å². The van der Waals surface area contributed by atoms with E-state index in [4.69, 9.17) is 13.9 Å². The molecule has 4 heteroatoms. The summed E-state index contributed by atoms with van der Waals surface area (Å²) in [6, 6.07) is 10.2. The highest BCUT2D eigenvalue weighted by Gasteiger charge is 2.16. The van der Waals surface area contributed by atoms with Gasteiger partial charge in [0.15, 0.2) is 17.3 Å². The van der Waals surface area contributed by atoms with Crippen molar-refractivity contribution in [1.29, 1.82) is 0 Å². The summed E-state index contributed by atoms with van der Waals surface area (Å²) in [5.41, 5.74) is 1.18. The summed E-state index contributed by atoms with van der Waals surface area (Å²) in [5.74, 6) is 2.45. The molecule has 1 aromatic carbocycles. The van der Waals surface area contributed by atoms with Crippen molar-refractivity contribution in [3.63, 3.8) is 0 Å². The van der Waals surface area contributed by atoms with Crippen molar-refractivity contribution in [2.24, 2.45) is 0 Å². The molecule has 21 heavy (non-hydrogen) atoms. The van der Waals surface area contributed by atoms with Gasteiger partial charge in [-0.15, -0.1) is 6.58 Å². The summed E-state index contributed by atoms with van der Waals surface area (Å²) in [6.07, 6.45) is 4.50. The van der Waals surface area contributed by atoms with E-state index in [1.54, 1.807) is 20.5 Å². The van der Waals surface area contributed by atoms with Gasteiger partial charge in [0, 0.05) is 12.0 Å². The van der Waals surface area contributed by atoms with E-state index in [1.165, 1.54) is 5.56 Å². The lowest BCUT2D eigenvalue weighted by atomic mass is 10.0. The Morgan fingerprint density at radius 3 is 2.67 bits per heavy atom. The SMILES string of the molecule is C=CC[C@H]([NH2+]Cc1ccco1)c1ccc(OC)c(OC)c1. The number of nitrogens with two attached hydrogens (primary N) is 1. The Balaban J connectivity index is 2.14. The zero-order valence-electron chi connectivity index (χ0n) is 12.5. The molecule has 0 saturated heterocycles. The highest BCUT2D eigenvalue weighted by molar-refractivity contribution is 5.43. The van der Waals surface area contributed by atoms with Crippen molar-refractivity contribution in [1.82, 2.24) is 0 Å². The first-order valence-electron chi connectivity index (χ1n) is 6.97. The third-order valence-corrected chi connectivity index (χ3v) is 3.44. The fraction of sp³-hybridized carbons (Fsp3) is 0.294. The molecule has 0 saturated carbocycles. The number of quaternary nitrogens is 1. The standard InChI is InChI=1S/C17H21NO3/c1-4-6-15(18-12-14-7-5-10-21-14)13-8-9-16(19-2)17(11-13)20-3/h4-5,7-11,15,18H,1,6,12H2,2-3H3/p+1/t15-/m0/s1. The molecule has 0 amide bonds. The monoisotopic (exact) mass is 288 g/mol. The van der Waals surface area contributed by atoms with Gasteiger partial charge < -0.3 is 19.2 Å². The number of hydrogen-bond acceptors (Lipinski definition) is 3. The Labute approximate surface area is 125 Å². The molecule has 0 aliphatic heterocycles. The highest BCUT2D eigenvalue weighted by atomic mass is 16.5. The molecular weight excluding hydrogens is 266 g/mol. The van der Waals surface area contributed by atoms with Crippen LogP contribution in [0.2, 0.25) is 0 Å². The number of ether oxygens (including phenoxy) is 2. The van der Waals surface area contributed by atoms with Crippen LogP contribution in [0.1, 0.15) is 23.8 Å². The third kappa shape index (κ3) is 3.89. The zero-order chi connectivity index (χ0) is 15.1. The zero-order valence-corrected chi connectivity index (χ0v) is 12.5. The van der Waals surface area contributed by atoms with Crippen molar-refractivity contribution in [3.05, 3.63) is 60.6 Å². The number of hydrogen-bond donors (Lipinski definition) is 1. The second-order valence-corrected chi connectivity index (χ2v) is 4.76. The van der Waals surface area contributed by atoms with Crippen molar-refractivity contribution in [2.75, 3.05) is 14.2 Å². The molecule has 1 atom stereocenters. The average Bonchev–Trinajstić information content (AvgIpc) is 3.04. The van der Waals surface area contributed by atoms with E-state index in [2.05, 4.69) is 18.0 Å². The maximum atomic E-state index is 5.38. The number of benzene rings is 1. The molecule has 0 spiro atoms. The van der Waals surface area contributed by atoms with E-state index in [9.17, 15) is 0 Å². The summed E-state index contributed by atoms with van der Waals surface area (Å²) < 4.78 is 16.0. The van der Waals surface area contributed by atoms with E-state index in [0.29, 0.717) is 0 Å². The van der Waals surface area contributed by atoms with Gasteiger partial charge in [0.05, 0.1) is 20.5 Å². The fourth-order valence-electron chi connectivity index (χ4n) is 2.32. The predicted octanol–water partition coefficient (Wildman–Crippen LogP) is 2.68. The second-order valence-electron chi connectivity index (χ2n) is 4.76. The van der Waals surface area contributed by atoms with Gasteiger partial charge in [0.25, 0.3) is 0 Å². The van der Waals surface area contributed by atoms with E-state index in [-0.39, 0.29) is 6.04 Å². The van der Waals surface area contributed by atoms with Gasteiger partial charge in [0.2, 0.25) is 0 Å². The number of methoxy groups -OCH3 is 2. The quantitative estimate of drug-likeness (QED) is 0.760. The number of furan rings is 1. The van der Waals surface area contributed by atoms with Crippen LogP contribution in [0.4, 0.5) is 0 Å². The molecule has 1 aromatic heterocycles. The van der Waals surface area contributed by atoms with E-state index < -0.39 is 0 Å². The lowest BCUT2D eigenvalue weighted by Crippen LogP contribution is -2.83. The maximum Gasteiger partial charge on any atom is 0.161 e. The molecular formula is C17H22NO3+. The Morgan fingerprint density at radius 1 is 1.24 bits per heavy atom. The smallest absolute Gasteiger partial charge is 0.161 e. The molecule has 2 N–H and O–H groups in total. The molecule has 0 aliphatic carbocycles. The highest BCUT2D eigenvalue weighted by Crippen LogP contribution is 2.29. The van der Waals surface area contributed by atoms with Crippen molar-refractivity contribution >= 4 is 0 Å². The maximum absolute atomic E-state index is 5.38. The summed E-state index contributed by atoms with van der Waals surface area (Å²) in [4.78, 5) is 0. The molecule has 0 aliphatic rings. The van der Waals surface area contributed by atoms with Crippen molar-refractivity contribution < 1.29 is 19.2 Å². The summed E-state index contributed by atoms with van der Waals surface area (Å²) >= 11 is 0. The van der Waals surface area contributed by atoms with Gasteiger partial charge in [-0.1, -0.05) is 6.08 Å². The van der Waals surface area contributed by atoms with E-state index in [1.807, 2.05) is 30.3 Å². The first-order chi connectivity index (χ1) is 10.3. The summed E-state index contributed by atoms with van der Waals surface area (Å²) in [7, 11) is 3.29. The van der Waals surface area contributed by atoms with Gasteiger partial charge in [0.1, 0.15) is 12.6 Å². The molecule has 0 fully saturated rings. The molecule has 112 valence electrons. The van der Waals surface area contributed by atoms with Crippen LogP contribution in [-0.4, -0.2) is 14.2 Å². The topological polar surface area (TPSA) is 48.2 Å². The first-order valence-corrected chi connectivity index (χ1v) is 6.97. The largest absolute Gasteiger partial charge is 0.493 e. The molecule has 4 nitrogen and oxygen atoms in total. The summed E-state index contributed by atoms with van der Waals surface area (Å²) in [5, 5.41) is 2.24. The predicted molar refractivity (Wildman–Crippen MR) is 81.4 cm³/mol. The minimum atomic E-state index is 0.271. The fourth-order valence-corrected chi connectivity index (χ4v) is 2.32. The number of rotatable bonds is 8. The van der Waals surface area contributed by atoms with Crippen molar-refractivity contribution in [2.45, 2.75) is 19.0 Å². The van der Waals surface area contributed by atoms with Gasteiger partial charge in [-0.2, -0.15) is 0 Å². The van der Waals surface area contributed by atoms with E-state index in [0.717, 1.165) is 30.2 Å². The Kier molecular flexibility index (Phi) is 5.46. The Bertz CT molecular complexity index is 563. The van der Waals surface area contributed by atoms with Crippen LogP contribution in [0.5, 0.6) is 11.5 Å². The van der Waals surface area contributed by atoms with Gasteiger partial charge in [-0.3, -0.25) is 0 Å². The van der Waals surface area contributed by atoms with Crippen LogP contribution < -0.4 is 14.8 Å². The lowest BCUT2D eigenvalue weighted by molar-refractivity contribution is -0.712. The van der Waals surface area contributed by atoms with Crippen molar-refractivity contribution in [3.8, 4) is 11.5 Å². The van der Waals surface area contributed by atoms with Crippen LogP contribution in [-0.2, 0) is 6.54 Å². The van der Waals surface area contributed by atoms with Crippen LogP contribution >= 0.6 is 0 Å². The van der Waals surface area contributed by atoms with Crippen LogP contribution in [0.3, 0.4) is 0 Å². The van der Waals surface area contributed by atoms with Crippen LogP contribution in [0.25, 0.3) is 0 Å². The molecule has 0 bridgehead atoms. The third-order valence-electron chi connectivity index (χ3n) is 3.44. The Morgan fingerprint density at radius 2 is 2.05 bits per heavy atom. The Hall–Kier alpha value is -2.20. The van der Waals surface area contributed by atoms with Gasteiger partial charge in [-0.25, -0.2) is 0 Å². The molecule has 0 unspecified atom stereocenters. The lowest BCUT2D eigenvalue weighted by Gasteiger charge is -2.16. The second kappa shape index (κ2) is 7.55. The summed E-state index contributed by atoms with van der Waals surface area (Å²) in [6.45, 7) is 4.64. The normalized spacial score (nSPS) is 11.9. The average molecular weight is 288 g/mol. The molecule has 0 radical (unpaired) electrons. The van der Waals surface area contributed by atoms with E-state index >= 15 is 0 Å². The minimum absolute atomic E-state index is 0.271.